The van der Waals surface area contributed by atoms with Crippen molar-refractivity contribution < 1.29 is 19.1 Å². The Labute approximate surface area is 199 Å². The fourth-order valence-corrected chi connectivity index (χ4v) is 4.15. The molecule has 0 unspecified atom stereocenters. The Morgan fingerprint density at radius 2 is 1.85 bits per heavy atom. The van der Waals surface area contributed by atoms with Gasteiger partial charge in [-0.1, -0.05) is 35.9 Å². The van der Waals surface area contributed by atoms with E-state index in [0.29, 0.717) is 22.2 Å². The lowest BCUT2D eigenvalue weighted by Gasteiger charge is -2.22. The maximum atomic E-state index is 12.9. The highest BCUT2D eigenvalue weighted by molar-refractivity contribution is 7.10. The molecule has 2 aromatic carbocycles. The average Bonchev–Trinajstić information content (AvgIpc) is 3.24. The van der Waals surface area contributed by atoms with Gasteiger partial charge in [0.05, 0.1) is 18.7 Å². The molecule has 8 nitrogen and oxygen atoms in total. The van der Waals surface area contributed by atoms with Crippen molar-refractivity contribution in [2.75, 3.05) is 11.4 Å². The summed E-state index contributed by atoms with van der Waals surface area (Å²) >= 11 is 7.65. The van der Waals surface area contributed by atoms with E-state index in [9.17, 15) is 14.4 Å². The molecule has 4 amide bonds. The van der Waals surface area contributed by atoms with Gasteiger partial charge in [-0.3, -0.25) is 19.9 Å². The van der Waals surface area contributed by atoms with Gasteiger partial charge < -0.3 is 10.1 Å². The number of nitrogens with one attached hydrogen (secondary N) is 3. The third kappa shape index (κ3) is 5.82. The molecule has 2 heterocycles. The topological polar surface area (TPSA) is 99.8 Å². The second-order valence-corrected chi connectivity index (χ2v) is 8.71. The molecule has 1 aliphatic rings. The van der Waals surface area contributed by atoms with Crippen molar-refractivity contribution in [2.24, 2.45) is 0 Å². The Morgan fingerprint density at radius 3 is 2.67 bits per heavy atom. The molecule has 1 aliphatic heterocycles. The highest BCUT2D eigenvalue weighted by Gasteiger charge is 2.26. The molecular weight excluding hydrogens is 464 g/mol. The number of nitrogens with zero attached hydrogens (tertiary/aromatic N) is 1. The highest BCUT2D eigenvalue weighted by atomic mass is 35.5. The lowest BCUT2D eigenvalue weighted by Crippen LogP contribution is -2.49. The summed E-state index contributed by atoms with van der Waals surface area (Å²) in [6, 6.07) is 15.6. The third-order valence-electron chi connectivity index (χ3n) is 4.88. The fraction of sp³-hybridized carbons (Fsp3) is 0.174. The molecule has 33 heavy (non-hydrogen) atoms. The zero-order valence-electron chi connectivity index (χ0n) is 17.5. The van der Waals surface area contributed by atoms with Crippen LogP contribution in [0.1, 0.15) is 16.9 Å². The monoisotopic (exact) mass is 484 g/mol. The van der Waals surface area contributed by atoms with Crippen molar-refractivity contribution >= 4 is 46.5 Å². The zero-order valence-corrected chi connectivity index (χ0v) is 19.0. The largest absolute Gasteiger partial charge is 0.455 e. The molecule has 10 heteroatoms. The Balaban J connectivity index is 1.33. The minimum Gasteiger partial charge on any atom is -0.455 e. The maximum Gasteiger partial charge on any atom is 0.341 e. The van der Waals surface area contributed by atoms with Gasteiger partial charge in [-0.2, -0.15) is 0 Å². The normalized spacial score (nSPS) is 12.0. The number of halogens is 1. The summed E-state index contributed by atoms with van der Waals surface area (Å²) in [5, 5.41) is 5.04. The molecule has 4 rings (SSSR count). The lowest BCUT2D eigenvalue weighted by molar-refractivity contribution is -0.122. The van der Waals surface area contributed by atoms with E-state index >= 15 is 0 Å². The van der Waals surface area contributed by atoms with Crippen LogP contribution in [0.3, 0.4) is 0 Å². The molecule has 0 saturated carbocycles. The number of carbonyl (C=O) groups is 3. The first-order valence-electron chi connectivity index (χ1n) is 10.2. The van der Waals surface area contributed by atoms with Crippen LogP contribution < -0.4 is 25.8 Å². The van der Waals surface area contributed by atoms with Gasteiger partial charge in [0.25, 0.3) is 0 Å². The van der Waals surface area contributed by atoms with Crippen LogP contribution >= 0.6 is 22.9 Å². The summed E-state index contributed by atoms with van der Waals surface area (Å²) in [4.78, 5) is 39.4. The van der Waals surface area contributed by atoms with Crippen LogP contribution in [0.2, 0.25) is 5.02 Å². The Bertz CT molecular complexity index is 1170. The van der Waals surface area contributed by atoms with Crippen molar-refractivity contribution in [3.63, 3.8) is 0 Å². The van der Waals surface area contributed by atoms with Crippen LogP contribution in [0.25, 0.3) is 0 Å². The van der Waals surface area contributed by atoms with Gasteiger partial charge >= 0.3 is 6.03 Å². The van der Waals surface area contributed by atoms with Crippen molar-refractivity contribution in [1.82, 2.24) is 16.2 Å². The second kappa shape index (κ2) is 10.4. The number of hydrazine groups is 1. The summed E-state index contributed by atoms with van der Waals surface area (Å²) < 4.78 is 5.97. The standard InChI is InChI=1S/C23H21ClN4O4S/c24-16-7-8-20-18(12-16)28(14-15-4-1-2-6-19(15)32-20)23(31)27-26-21(29)9-10-25-22(30)13-17-5-3-11-33-17/h1-8,11-12H,9-10,13-14H2,(H,25,30)(H,26,29)(H,27,31). The average molecular weight is 485 g/mol. The summed E-state index contributed by atoms with van der Waals surface area (Å²) in [7, 11) is 0. The zero-order chi connectivity index (χ0) is 23.2. The first-order valence-corrected chi connectivity index (χ1v) is 11.5. The number of anilines is 1. The number of ether oxygens (including phenoxy) is 1. The number of hydrogen-bond acceptors (Lipinski definition) is 5. The van der Waals surface area contributed by atoms with Crippen molar-refractivity contribution in [2.45, 2.75) is 19.4 Å². The van der Waals surface area contributed by atoms with Gasteiger partial charge in [0.15, 0.2) is 5.75 Å². The lowest BCUT2D eigenvalue weighted by atomic mass is 10.2. The first kappa shape index (κ1) is 22.6. The van der Waals surface area contributed by atoms with Gasteiger partial charge in [-0.05, 0) is 35.7 Å². The number of benzene rings is 2. The van der Waals surface area contributed by atoms with Gasteiger partial charge in [0.2, 0.25) is 11.8 Å². The van der Waals surface area contributed by atoms with Crippen LogP contribution in [0.4, 0.5) is 10.5 Å². The number of para-hydroxylation sites is 1. The molecule has 3 aromatic rings. The molecule has 1 aromatic heterocycles. The highest BCUT2D eigenvalue weighted by Crippen LogP contribution is 2.40. The summed E-state index contributed by atoms with van der Waals surface area (Å²) in [5.41, 5.74) is 6.09. The predicted octanol–water partition coefficient (Wildman–Crippen LogP) is 4.00. The van der Waals surface area contributed by atoms with Gasteiger partial charge in [-0.25, -0.2) is 10.2 Å². The van der Waals surface area contributed by atoms with Crippen LogP contribution in [-0.2, 0) is 22.6 Å². The number of hydrogen-bond donors (Lipinski definition) is 3. The van der Waals surface area contributed by atoms with Gasteiger partial charge in [-0.15, -0.1) is 11.3 Å². The van der Waals surface area contributed by atoms with Crippen LogP contribution in [0, 0.1) is 0 Å². The third-order valence-corrected chi connectivity index (χ3v) is 5.99. The van der Waals surface area contributed by atoms with Crippen LogP contribution in [-0.4, -0.2) is 24.4 Å². The van der Waals surface area contributed by atoms with E-state index in [4.69, 9.17) is 16.3 Å². The molecule has 0 atom stereocenters. The number of urea groups is 1. The van der Waals surface area contributed by atoms with E-state index in [1.807, 2.05) is 41.8 Å². The molecular formula is C23H21ClN4O4S. The van der Waals surface area contributed by atoms with E-state index in [1.54, 1.807) is 18.2 Å². The summed E-state index contributed by atoms with van der Waals surface area (Å²) in [5.74, 6) is 0.515. The number of carbonyl (C=O) groups excluding carboxylic acids is 3. The summed E-state index contributed by atoms with van der Waals surface area (Å²) in [6.07, 6.45) is 0.293. The molecule has 0 spiro atoms. The van der Waals surface area contributed by atoms with E-state index in [-0.39, 0.29) is 31.8 Å². The minimum absolute atomic E-state index is 0.0187. The maximum absolute atomic E-state index is 12.9. The SMILES string of the molecule is O=C(Cc1cccs1)NCCC(=O)NNC(=O)N1Cc2ccccc2Oc2ccc(Cl)cc21. The van der Waals surface area contributed by atoms with E-state index in [2.05, 4.69) is 16.2 Å². The Hall–Kier alpha value is -3.56. The number of amides is 4. The molecule has 0 fully saturated rings. The molecule has 3 N–H and O–H groups in total. The van der Waals surface area contributed by atoms with Crippen LogP contribution in [0.15, 0.2) is 60.0 Å². The quantitative estimate of drug-likeness (QED) is 0.476. The predicted molar refractivity (Wildman–Crippen MR) is 126 cm³/mol. The van der Waals surface area contributed by atoms with Gasteiger partial charge in [0.1, 0.15) is 5.75 Å². The van der Waals surface area contributed by atoms with Crippen molar-refractivity contribution in [3.05, 3.63) is 75.4 Å². The number of fused-ring (bicyclic) bond motifs is 2. The number of thiophene rings is 1. The van der Waals surface area contributed by atoms with E-state index < -0.39 is 11.9 Å². The Morgan fingerprint density at radius 1 is 1.00 bits per heavy atom. The molecule has 0 bridgehead atoms. The number of rotatable bonds is 5. The summed E-state index contributed by atoms with van der Waals surface area (Å²) in [6.45, 7) is 0.388. The van der Waals surface area contributed by atoms with Gasteiger partial charge in [0, 0.05) is 28.4 Å². The smallest absolute Gasteiger partial charge is 0.341 e. The molecule has 0 saturated heterocycles. The van der Waals surface area contributed by atoms with E-state index in [0.717, 1.165) is 10.4 Å². The molecule has 0 radical (unpaired) electrons. The fourth-order valence-electron chi connectivity index (χ4n) is 3.28. The van der Waals surface area contributed by atoms with Crippen molar-refractivity contribution in [1.29, 1.82) is 0 Å². The van der Waals surface area contributed by atoms with E-state index in [1.165, 1.54) is 16.2 Å². The first-order chi connectivity index (χ1) is 16.0. The molecule has 0 aliphatic carbocycles. The second-order valence-electron chi connectivity index (χ2n) is 7.24. The van der Waals surface area contributed by atoms with Crippen molar-refractivity contribution in [3.8, 4) is 11.5 Å². The minimum atomic E-state index is -0.547. The van der Waals surface area contributed by atoms with Crippen LogP contribution in [0.5, 0.6) is 11.5 Å². The molecule has 170 valence electrons. The Kier molecular flexibility index (Phi) is 7.11.